The number of likely N-dealkylation sites (N-methyl/N-ethyl adjacent to an activating group) is 1. The van der Waals surface area contributed by atoms with Gasteiger partial charge in [-0.1, -0.05) is 0 Å². The molecule has 3 N–H and O–H groups in total. The highest BCUT2D eigenvalue weighted by atomic mass is 32.1. The molecule has 18 heavy (non-hydrogen) atoms. The number of thiophene rings is 1. The fourth-order valence-corrected chi connectivity index (χ4v) is 2.59. The molecule has 0 bridgehead atoms. The predicted molar refractivity (Wildman–Crippen MR) is 68.7 cm³/mol. The number of carbonyl (C=O) groups is 1. The lowest BCUT2D eigenvalue weighted by Crippen LogP contribution is -2.33. The zero-order valence-corrected chi connectivity index (χ0v) is 10.9. The maximum Gasteiger partial charge on any atom is 0.304 e. The van der Waals surface area contributed by atoms with Crippen LogP contribution in [0.15, 0.2) is 6.07 Å². The summed E-state index contributed by atoms with van der Waals surface area (Å²) >= 11 is 1.10. The van der Waals surface area contributed by atoms with Crippen LogP contribution in [0.2, 0.25) is 0 Å². The van der Waals surface area contributed by atoms with Gasteiger partial charge in [-0.25, -0.2) is 0 Å². The molecule has 0 aliphatic rings. The van der Waals surface area contributed by atoms with Crippen LogP contribution in [0, 0.1) is 10.1 Å². The summed E-state index contributed by atoms with van der Waals surface area (Å²) in [5.74, 6) is -0.557. The number of hydrogen-bond acceptors (Lipinski definition) is 6. The van der Waals surface area contributed by atoms with Crippen molar-refractivity contribution < 1.29 is 14.8 Å². The lowest BCUT2D eigenvalue weighted by Gasteiger charge is -2.18. The Labute approximate surface area is 108 Å². The highest BCUT2D eigenvalue weighted by molar-refractivity contribution is 7.16. The Bertz CT molecular complexity index is 458. The second-order valence-corrected chi connectivity index (χ2v) is 4.81. The largest absolute Gasteiger partial charge is 0.388 e. The Morgan fingerprint density at radius 2 is 2.33 bits per heavy atom. The van der Waals surface area contributed by atoms with Gasteiger partial charge >= 0.3 is 5.69 Å². The van der Waals surface area contributed by atoms with Crippen LogP contribution >= 0.6 is 11.3 Å². The van der Waals surface area contributed by atoms with Crippen LogP contribution in [0.1, 0.15) is 24.8 Å². The molecule has 0 fully saturated rings. The molecule has 8 heteroatoms. The summed E-state index contributed by atoms with van der Waals surface area (Å²) in [5.41, 5.74) is 4.99. The van der Waals surface area contributed by atoms with Crippen LogP contribution in [0.5, 0.6) is 0 Å². The first-order valence-corrected chi connectivity index (χ1v) is 6.17. The van der Waals surface area contributed by atoms with E-state index < -0.39 is 16.9 Å². The van der Waals surface area contributed by atoms with E-state index in [1.807, 2.05) is 0 Å². The normalized spacial score (nSPS) is 12.2. The Morgan fingerprint density at radius 1 is 1.72 bits per heavy atom. The van der Waals surface area contributed by atoms with Crippen molar-refractivity contribution in [1.29, 1.82) is 0 Å². The molecule has 0 spiro atoms. The predicted octanol–water partition coefficient (Wildman–Crippen LogP) is 1.02. The molecule has 0 saturated heterocycles. The van der Waals surface area contributed by atoms with E-state index in [4.69, 9.17) is 5.73 Å². The van der Waals surface area contributed by atoms with Gasteiger partial charge in [0.05, 0.1) is 17.6 Å². The van der Waals surface area contributed by atoms with Gasteiger partial charge in [0.25, 0.3) is 0 Å². The summed E-state index contributed by atoms with van der Waals surface area (Å²) in [6.45, 7) is 3.64. The highest BCUT2D eigenvalue weighted by Gasteiger charge is 2.25. The first-order chi connectivity index (χ1) is 8.36. The van der Waals surface area contributed by atoms with Crippen LogP contribution < -0.4 is 10.6 Å². The van der Waals surface area contributed by atoms with Gasteiger partial charge in [-0.05, 0) is 13.8 Å². The molecule has 0 aromatic carbocycles. The second-order valence-electron chi connectivity index (χ2n) is 3.75. The maximum absolute atomic E-state index is 11.0. The van der Waals surface area contributed by atoms with Gasteiger partial charge < -0.3 is 15.7 Å². The topological polar surface area (TPSA) is 110 Å². The number of anilines is 1. The number of hydrogen-bond donors (Lipinski definition) is 2. The Kier molecular flexibility index (Phi) is 4.62. The molecule has 1 aromatic heterocycles. The number of nitrogens with two attached hydrogens (primary N) is 1. The quantitative estimate of drug-likeness (QED) is 0.594. The molecule has 1 aromatic rings. The van der Waals surface area contributed by atoms with Crippen LogP contribution in [-0.4, -0.2) is 29.0 Å². The van der Waals surface area contributed by atoms with Gasteiger partial charge in [-0.15, -0.1) is 11.3 Å². The van der Waals surface area contributed by atoms with E-state index in [1.165, 1.54) is 17.9 Å². The van der Waals surface area contributed by atoms with Gasteiger partial charge in [-0.2, -0.15) is 0 Å². The summed E-state index contributed by atoms with van der Waals surface area (Å²) in [7, 11) is 0. The smallest absolute Gasteiger partial charge is 0.304 e. The van der Waals surface area contributed by atoms with E-state index in [2.05, 4.69) is 0 Å². The van der Waals surface area contributed by atoms with E-state index in [-0.39, 0.29) is 12.2 Å². The van der Waals surface area contributed by atoms with Gasteiger partial charge in [0.2, 0.25) is 5.91 Å². The highest BCUT2D eigenvalue weighted by Crippen LogP contribution is 2.39. The zero-order chi connectivity index (χ0) is 13.9. The van der Waals surface area contributed by atoms with E-state index >= 15 is 0 Å². The van der Waals surface area contributed by atoms with Crippen molar-refractivity contribution >= 4 is 27.9 Å². The summed E-state index contributed by atoms with van der Waals surface area (Å²) in [5, 5.41) is 20.8. The SMILES string of the molecule is CCN(CC(N)=O)c1sc(C(C)O)cc1[N+](=O)[O-]. The fraction of sp³-hybridized carbons (Fsp3) is 0.500. The average Bonchev–Trinajstić information content (AvgIpc) is 2.70. The molecular weight excluding hydrogens is 258 g/mol. The monoisotopic (exact) mass is 273 g/mol. The van der Waals surface area contributed by atoms with Crippen LogP contribution in [0.25, 0.3) is 0 Å². The maximum atomic E-state index is 11.0. The van der Waals surface area contributed by atoms with Gasteiger partial charge in [0.1, 0.15) is 0 Å². The van der Waals surface area contributed by atoms with E-state index in [9.17, 15) is 20.0 Å². The lowest BCUT2D eigenvalue weighted by atomic mass is 10.3. The third-order valence-electron chi connectivity index (χ3n) is 2.34. The molecule has 0 radical (unpaired) electrons. The number of aliphatic hydroxyl groups is 1. The molecule has 1 unspecified atom stereocenters. The van der Waals surface area contributed by atoms with Crippen LogP contribution in [0.3, 0.4) is 0 Å². The van der Waals surface area contributed by atoms with E-state index in [0.717, 1.165) is 11.3 Å². The van der Waals surface area contributed by atoms with Crippen molar-refractivity contribution in [3.8, 4) is 0 Å². The van der Waals surface area contributed by atoms with Crippen molar-refractivity contribution in [2.45, 2.75) is 20.0 Å². The van der Waals surface area contributed by atoms with E-state index in [1.54, 1.807) is 6.92 Å². The minimum atomic E-state index is -0.783. The molecule has 7 nitrogen and oxygen atoms in total. The molecule has 0 saturated carbocycles. The molecule has 1 heterocycles. The molecule has 0 aliphatic heterocycles. The number of amides is 1. The van der Waals surface area contributed by atoms with Gasteiger partial charge in [0.15, 0.2) is 5.00 Å². The molecule has 1 atom stereocenters. The second kappa shape index (κ2) is 5.78. The first kappa shape index (κ1) is 14.4. The molecule has 1 rings (SSSR count). The summed E-state index contributed by atoms with van der Waals surface area (Å²) in [6.07, 6.45) is -0.783. The first-order valence-electron chi connectivity index (χ1n) is 5.36. The summed E-state index contributed by atoms with van der Waals surface area (Å²) in [6, 6.07) is 1.33. The van der Waals surface area contributed by atoms with E-state index in [0.29, 0.717) is 16.4 Å². The van der Waals surface area contributed by atoms with Crippen LogP contribution in [0.4, 0.5) is 10.7 Å². The molecule has 100 valence electrons. The Morgan fingerprint density at radius 3 is 2.72 bits per heavy atom. The van der Waals surface area contributed by atoms with Crippen molar-refractivity contribution in [1.82, 2.24) is 0 Å². The minimum Gasteiger partial charge on any atom is -0.388 e. The number of aliphatic hydroxyl groups excluding tert-OH is 1. The zero-order valence-electron chi connectivity index (χ0n) is 10.1. The lowest BCUT2D eigenvalue weighted by molar-refractivity contribution is -0.383. The number of primary amides is 1. The summed E-state index contributed by atoms with van der Waals surface area (Å²) < 4.78 is 0. The third kappa shape index (κ3) is 3.17. The third-order valence-corrected chi connectivity index (χ3v) is 3.69. The number of rotatable bonds is 6. The standard InChI is InChI=1S/C10H15N3O4S/c1-3-12(5-9(11)15)10-7(13(16)17)4-8(18-10)6(2)14/h4,6,14H,3,5H2,1-2H3,(H2,11,15). The fourth-order valence-electron chi connectivity index (χ4n) is 1.47. The number of nitro groups is 1. The molecular formula is C10H15N3O4S. The minimum absolute atomic E-state index is 0.0862. The van der Waals surface area contributed by atoms with Crippen molar-refractivity contribution in [2.24, 2.45) is 5.73 Å². The Hall–Kier alpha value is -1.67. The van der Waals surface area contributed by atoms with Crippen molar-refractivity contribution in [3.63, 3.8) is 0 Å². The Balaban J connectivity index is 3.18. The van der Waals surface area contributed by atoms with Crippen molar-refractivity contribution in [3.05, 3.63) is 21.1 Å². The van der Waals surface area contributed by atoms with Crippen LogP contribution in [-0.2, 0) is 4.79 Å². The molecule has 1 amide bonds. The van der Waals surface area contributed by atoms with Crippen molar-refractivity contribution in [2.75, 3.05) is 18.0 Å². The number of carbonyl (C=O) groups excluding carboxylic acids is 1. The summed E-state index contributed by atoms with van der Waals surface area (Å²) in [4.78, 5) is 23.4. The van der Waals surface area contributed by atoms with Gasteiger partial charge in [-0.3, -0.25) is 14.9 Å². The molecule has 0 aliphatic carbocycles. The number of nitrogens with zero attached hydrogens (tertiary/aromatic N) is 2. The average molecular weight is 273 g/mol. The van der Waals surface area contributed by atoms with Gasteiger partial charge in [0, 0.05) is 17.5 Å².